The van der Waals surface area contributed by atoms with Crippen molar-refractivity contribution in [1.29, 1.82) is 5.41 Å². The van der Waals surface area contributed by atoms with E-state index < -0.39 is 11.9 Å². The molecule has 0 bridgehead atoms. The van der Waals surface area contributed by atoms with E-state index in [0.717, 1.165) is 0 Å². The first-order valence-corrected chi connectivity index (χ1v) is 10.1. The van der Waals surface area contributed by atoms with Crippen LogP contribution >= 0.6 is 11.6 Å². The first-order chi connectivity index (χ1) is 14.9. The van der Waals surface area contributed by atoms with Crippen LogP contribution in [0.5, 0.6) is 0 Å². The van der Waals surface area contributed by atoms with E-state index in [1.54, 1.807) is 18.3 Å². The summed E-state index contributed by atoms with van der Waals surface area (Å²) in [5.41, 5.74) is 8.25. The number of rotatable bonds is 4. The van der Waals surface area contributed by atoms with Gasteiger partial charge in [0.2, 0.25) is 5.95 Å². The van der Waals surface area contributed by atoms with E-state index in [4.69, 9.17) is 27.5 Å². The Labute approximate surface area is 183 Å². The summed E-state index contributed by atoms with van der Waals surface area (Å²) in [4.78, 5) is 20.1. The molecule has 4 rings (SSSR count). The molecule has 0 spiro atoms. The zero-order chi connectivity index (χ0) is 22.1. The van der Waals surface area contributed by atoms with E-state index in [1.165, 1.54) is 18.5 Å². The lowest BCUT2D eigenvalue weighted by Gasteiger charge is -2.37. The van der Waals surface area contributed by atoms with E-state index in [-0.39, 0.29) is 11.7 Å². The van der Waals surface area contributed by atoms with Crippen LogP contribution < -0.4 is 10.6 Å². The molecule has 1 fully saturated rings. The molecule has 3 aromatic rings. The number of hydrogen-bond acceptors (Lipinski definition) is 8. The molecule has 2 atom stereocenters. The van der Waals surface area contributed by atoms with Crippen molar-refractivity contribution < 1.29 is 9.13 Å². The minimum absolute atomic E-state index is 0.160. The van der Waals surface area contributed by atoms with Gasteiger partial charge in [0.25, 0.3) is 0 Å². The number of benzene rings is 1. The predicted octanol–water partition coefficient (Wildman–Crippen LogP) is 3.27. The van der Waals surface area contributed by atoms with Crippen molar-refractivity contribution in [3.63, 3.8) is 0 Å². The molecule has 10 heteroatoms. The van der Waals surface area contributed by atoms with Gasteiger partial charge in [0.05, 0.1) is 18.3 Å². The Balaban J connectivity index is 1.86. The van der Waals surface area contributed by atoms with Crippen LogP contribution in [0.4, 0.5) is 10.3 Å². The second-order valence-electron chi connectivity index (χ2n) is 7.33. The fraction of sp³-hybridized carbons (Fsp3) is 0.286. The Kier molecular flexibility index (Phi) is 5.79. The zero-order valence-corrected chi connectivity index (χ0v) is 17.8. The molecule has 1 aliphatic heterocycles. The van der Waals surface area contributed by atoms with Crippen molar-refractivity contribution in [2.24, 2.45) is 5.73 Å². The maximum absolute atomic E-state index is 14.8. The minimum Gasteiger partial charge on any atom is -0.404 e. The van der Waals surface area contributed by atoms with Gasteiger partial charge in [0, 0.05) is 41.3 Å². The average molecular weight is 442 g/mol. The van der Waals surface area contributed by atoms with Gasteiger partial charge in [-0.05, 0) is 32.0 Å². The summed E-state index contributed by atoms with van der Waals surface area (Å²) < 4.78 is 20.7. The van der Waals surface area contributed by atoms with Crippen molar-refractivity contribution >= 4 is 34.9 Å². The Morgan fingerprint density at radius 3 is 2.84 bits per heavy atom. The molecule has 1 aromatic carbocycles. The number of anilines is 1. The van der Waals surface area contributed by atoms with Gasteiger partial charge < -0.3 is 20.8 Å². The molecule has 31 heavy (non-hydrogen) atoms. The number of nitrogens with two attached hydrogens (primary N) is 1. The van der Waals surface area contributed by atoms with E-state index in [1.807, 2.05) is 18.7 Å². The van der Waals surface area contributed by atoms with Gasteiger partial charge in [0.1, 0.15) is 23.1 Å². The molecule has 0 unspecified atom stereocenters. The fourth-order valence-electron chi connectivity index (χ4n) is 3.54. The highest BCUT2D eigenvalue weighted by atomic mass is 35.5. The van der Waals surface area contributed by atoms with Crippen molar-refractivity contribution in [3.8, 4) is 11.3 Å². The summed E-state index contributed by atoms with van der Waals surface area (Å²) in [6.07, 6.45) is 3.55. The molecule has 0 saturated carbocycles. The Morgan fingerprint density at radius 1 is 1.32 bits per heavy atom. The standard InChI is InChI=1S/C21H21ClFN7O/c1-11-8-26-19-18(15-4-3-14(22)5-16(15)23)28-21(29-20(19)27-11)30-9-12(2)31-17(10-30)13(6-24)7-25/h3-8,12,17,24H,9-10,25H2,1-2H3/b13-7+,24-6?/t12-,17-/m1/s1. The molecule has 3 N–H and O–H groups in total. The summed E-state index contributed by atoms with van der Waals surface area (Å²) in [6, 6.07) is 4.41. The summed E-state index contributed by atoms with van der Waals surface area (Å²) in [7, 11) is 0. The van der Waals surface area contributed by atoms with Crippen molar-refractivity contribution in [2.75, 3.05) is 18.0 Å². The molecule has 0 amide bonds. The van der Waals surface area contributed by atoms with Gasteiger partial charge in [-0.1, -0.05) is 11.6 Å². The number of nitrogens with zero attached hydrogens (tertiary/aromatic N) is 5. The summed E-state index contributed by atoms with van der Waals surface area (Å²) in [5.74, 6) is -0.135. The normalized spacial score (nSPS) is 19.6. The topological polar surface area (TPSA) is 114 Å². The number of fused-ring (bicyclic) bond motifs is 1. The molecule has 0 radical (unpaired) electrons. The van der Waals surface area contributed by atoms with Gasteiger partial charge in [-0.25, -0.2) is 19.3 Å². The maximum Gasteiger partial charge on any atom is 0.228 e. The first-order valence-electron chi connectivity index (χ1n) is 9.69. The third kappa shape index (κ3) is 4.19. The number of aromatic nitrogens is 4. The van der Waals surface area contributed by atoms with E-state index >= 15 is 0 Å². The molecule has 3 heterocycles. The third-order valence-electron chi connectivity index (χ3n) is 4.98. The maximum atomic E-state index is 14.8. The van der Waals surface area contributed by atoms with Crippen molar-refractivity contribution in [3.05, 3.63) is 52.7 Å². The highest BCUT2D eigenvalue weighted by Crippen LogP contribution is 2.31. The van der Waals surface area contributed by atoms with Gasteiger partial charge in [0.15, 0.2) is 5.65 Å². The van der Waals surface area contributed by atoms with Gasteiger partial charge in [-0.15, -0.1) is 0 Å². The molecule has 160 valence electrons. The van der Waals surface area contributed by atoms with Crippen LogP contribution in [0.2, 0.25) is 5.02 Å². The largest absolute Gasteiger partial charge is 0.404 e. The van der Waals surface area contributed by atoms with Crippen LogP contribution in [-0.4, -0.2) is 51.4 Å². The van der Waals surface area contributed by atoms with Crippen LogP contribution in [0.3, 0.4) is 0 Å². The lowest BCUT2D eigenvalue weighted by molar-refractivity contribution is 0.00664. The van der Waals surface area contributed by atoms with E-state index in [9.17, 15) is 4.39 Å². The molecule has 1 aliphatic rings. The van der Waals surface area contributed by atoms with E-state index in [0.29, 0.717) is 52.2 Å². The Bertz CT molecular complexity index is 1190. The molecule has 2 aromatic heterocycles. The molecular weight excluding hydrogens is 421 g/mol. The smallest absolute Gasteiger partial charge is 0.228 e. The average Bonchev–Trinajstić information content (AvgIpc) is 2.73. The Hall–Kier alpha value is -3.17. The quantitative estimate of drug-likeness (QED) is 0.597. The van der Waals surface area contributed by atoms with Gasteiger partial charge >= 0.3 is 0 Å². The monoisotopic (exact) mass is 441 g/mol. The summed E-state index contributed by atoms with van der Waals surface area (Å²) in [6.45, 7) is 4.63. The highest BCUT2D eigenvalue weighted by molar-refractivity contribution is 6.30. The van der Waals surface area contributed by atoms with Gasteiger partial charge in [-0.3, -0.25) is 0 Å². The zero-order valence-electron chi connectivity index (χ0n) is 17.0. The lowest BCUT2D eigenvalue weighted by Crippen LogP contribution is -2.48. The van der Waals surface area contributed by atoms with Crippen LogP contribution in [0.15, 0.2) is 36.2 Å². The minimum atomic E-state index is -0.508. The third-order valence-corrected chi connectivity index (χ3v) is 5.21. The second kappa shape index (κ2) is 8.52. The molecule has 0 aliphatic carbocycles. The molecule has 8 nitrogen and oxygen atoms in total. The van der Waals surface area contributed by atoms with Crippen LogP contribution in [-0.2, 0) is 4.74 Å². The van der Waals surface area contributed by atoms with E-state index in [2.05, 4.69) is 19.9 Å². The second-order valence-corrected chi connectivity index (χ2v) is 7.77. The summed E-state index contributed by atoms with van der Waals surface area (Å²) in [5, 5.41) is 7.87. The summed E-state index contributed by atoms with van der Waals surface area (Å²) >= 11 is 5.93. The predicted molar refractivity (Wildman–Crippen MR) is 118 cm³/mol. The van der Waals surface area contributed by atoms with Crippen LogP contribution in [0.1, 0.15) is 12.6 Å². The highest BCUT2D eigenvalue weighted by Gasteiger charge is 2.30. The lowest BCUT2D eigenvalue weighted by atomic mass is 10.1. The first kappa shape index (κ1) is 21.1. The van der Waals surface area contributed by atoms with Crippen molar-refractivity contribution in [1.82, 2.24) is 19.9 Å². The SMILES string of the molecule is Cc1cnc2c(-c3ccc(Cl)cc3F)nc(N3C[C@@H](C)O[C@@H](/C(C=N)=C/N)C3)nc2n1. The number of halogens is 2. The molecular formula is C21H21ClFN7O. The van der Waals surface area contributed by atoms with Crippen molar-refractivity contribution in [2.45, 2.75) is 26.1 Å². The van der Waals surface area contributed by atoms with Crippen LogP contribution in [0, 0.1) is 18.2 Å². The van der Waals surface area contributed by atoms with Gasteiger partial charge in [-0.2, -0.15) is 4.98 Å². The molecule has 1 saturated heterocycles. The number of hydrogen-bond donors (Lipinski definition) is 2. The number of aryl methyl sites for hydroxylation is 1. The number of ether oxygens (including phenoxy) is 1. The number of nitrogens with one attached hydrogen (secondary N) is 1. The Morgan fingerprint density at radius 2 is 2.13 bits per heavy atom. The number of morpholine rings is 1. The van der Waals surface area contributed by atoms with Crippen LogP contribution in [0.25, 0.3) is 22.4 Å². The fourth-order valence-corrected chi connectivity index (χ4v) is 3.70.